The maximum absolute atomic E-state index is 14.3. The van der Waals surface area contributed by atoms with Crippen molar-refractivity contribution in [2.75, 3.05) is 103 Å². The molecule has 29 rings (SSSR count). The molecule has 5 saturated carbocycles. The second-order valence-electron chi connectivity index (χ2n) is 42.3. The van der Waals surface area contributed by atoms with Gasteiger partial charge in [0, 0.05) is 156 Å². The highest BCUT2D eigenvalue weighted by atomic mass is 19.1. The first-order valence-electron chi connectivity index (χ1n) is 51.1. The fourth-order valence-electron chi connectivity index (χ4n) is 20.6. The molecule has 5 aliphatic carbocycles. The number of fused-ring (bicyclic) bond motifs is 11. The summed E-state index contributed by atoms with van der Waals surface area (Å²) in [6, 6.07) is 42.1. The van der Waals surface area contributed by atoms with Crippen LogP contribution in [0.2, 0.25) is 0 Å². The van der Waals surface area contributed by atoms with E-state index in [1.54, 1.807) is 38.0 Å². The van der Waals surface area contributed by atoms with E-state index in [0.717, 1.165) is 294 Å². The molecule has 34 heteroatoms. The average Bonchev–Trinajstić information content (AvgIpc) is 1.70. The van der Waals surface area contributed by atoms with Crippen LogP contribution in [0.3, 0.4) is 0 Å². The predicted octanol–water partition coefficient (Wildman–Crippen LogP) is 15.1. The lowest BCUT2D eigenvalue weighted by molar-refractivity contribution is 0.0480. The van der Waals surface area contributed by atoms with Crippen molar-refractivity contribution in [1.29, 1.82) is 0 Å². The summed E-state index contributed by atoms with van der Waals surface area (Å²) in [7, 11) is 0. The van der Waals surface area contributed by atoms with E-state index in [4.69, 9.17) is 57.8 Å². The Bertz CT molecular complexity index is 7080. The number of hydrogen-bond acceptors (Lipinski definition) is 32. The topological polar surface area (TPSA) is 342 Å². The number of aliphatic hydroxyl groups excluding tert-OH is 1. The fraction of sp³-hybridized carbons (Fsp3) is 0.455. The summed E-state index contributed by atoms with van der Waals surface area (Å²) in [5, 5.41) is 13.5. The molecule has 0 unspecified atom stereocenters. The van der Waals surface area contributed by atoms with Crippen LogP contribution < -0.4 is 48.2 Å². The smallest absolute Gasteiger partial charge is 0.191 e. The Hall–Kier alpha value is -14.0. The SMILES string of the molecule is CC1(Oc2ccc3c(c2)C(c2cc(N4CCC(F)(CO)CC4)ncn2)=NC3)CC1.CC1(Oc2ccc3c(c2)C(c2cc(N4CCN5CCC4CC5)ncn2)=NC3)CC1.CC1(Oc2ccc3c(c2)C(c2cc(N4CCn5ncnc5C4)ncn2)=NC3)CC1.C[C@H]1CN(c2cc(C3=NCc4ccc(OC5(C)CC5)cc43)ncn2)CCO1.Cc1nc2c(o1)CCN(c1cc(C3=NCc4ccc(OC5(C)CC5)cc43)ncn1)C2. The van der Waals surface area contributed by atoms with Crippen LogP contribution in [0.4, 0.5) is 33.5 Å². The molecule has 0 spiro atoms. The quantitative estimate of drug-likeness (QED) is 0.0698. The van der Waals surface area contributed by atoms with Crippen LogP contribution >= 0.6 is 0 Å². The number of piperidine rings is 2. The van der Waals surface area contributed by atoms with E-state index in [2.05, 4.69) is 222 Å². The molecule has 144 heavy (non-hydrogen) atoms. The average molecular weight is 1940 g/mol. The highest BCUT2D eigenvalue weighted by Gasteiger charge is 2.46. The van der Waals surface area contributed by atoms with Gasteiger partial charge in [-0.1, -0.05) is 30.3 Å². The van der Waals surface area contributed by atoms with Crippen LogP contribution in [-0.4, -0.2) is 233 Å². The highest BCUT2D eigenvalue weighted by Crippen LogP contribution is 2.47. The molecule has 1 atom stereocenters. The van der Waals surface area contributed by atoms with Crippen molar-refractivity contribution in [3.8, 4) is 28.7 Å². The Kier molecular flexibility index (Phi) is 24.2. The van der Waals surface area contributed by atoms with Crippen LogP contribution in [0.5, 0.6) is 28.7 Å². The van der Waals surface area contributed by atoms with Crippen LogP contribution in [-0.2, 0) is 63.5 Å². The number of aliphatic imine (C=N–C) groups is 5. The molecular formula is C110H120FN25O8. The molecule has 0 amide bonds. The van der Waals surface area contributed by atoms with E-state index < -0.39 is 12.3 Å². The number of benzene rings is 5. The summed E-state index contributed by atoms with van der Waals surface area (Å²) in [5.41, 5.74) is 19.9. The van der Waals surface area contributed by atoms with Gasteiger partial charge in [0.15, 0.2) is 5.89 Å². The third kappa shape index (κ3) is 20.2. The van der Waals surface area contributed by atoms with Gasteiger partial charge in [-0.25, -0.2) is 68.9 Å². The molecule has 12 aliphatic heterocycles. The Balaban J connectivity index is 0.0000000969. The lowest BCUT2D eigenvalue weighted by atomic mass is 9.94. The maximum atomic E-state index is 14.3. The van der Waals surface area contributed by atoms with Crippen molar-refractivity contribution < 1.29 is 42.3 Å². The molecule has 1 N–H and O–H groups in total. The standard InChI is InChI=1S/C23H23N5O2.C23H27N5O.C22H25FN4O2.C21H21N7O.C21H24N4O2/c1-14-27-19-12-28(8-5-20(19)29-14)21-10-18(25-13-26-21)22-17-9-16(30-23(2)6-7-23)4-3-15(17)11-24-22;1-23(6-7-23)29-18-3-2-16-14-24-22(19(16)12-18)20-13-21(26-15-25-20)28-11-10-27-8-4-17(28)5-9-27;1-21(4-5-21)29-16-3-2-15-12-24-20(17(15)10-16)18-11-19(26-14-25-18)27-8-6-22(23,13-28)7-9-27;1-21(4-5-21)29-15-3-2-14-10-22-20(16(14)8-15)17-9-18(24-12-23-17)27-6-7-28-19(11-27)25-13-26-28;1-14-12-25(7-8-26-14)19-10-18(23-13-24-19)20-17-9-16(27-21(2)5-6-21)4-3-15(17)11-22-20/h3-4,9-10,13H,5-8,11-12H2,1-2H3;2-3,12-13,15,17H,4-11,14H2,1H3;2-3,10-11,14,28H,4-9,12-13H2,1H3;2-3,8-9,12-13H,4-7,10-11H2,1H3;3-4,9-10,13-14H,5-8,11-12H2,1-2H3/t;;;;14-/m....0/s1. The fourth-order valence-corrected chi connectivity index (χ4v) is 20.6. The number of nitrogens with zero attached hydrogens (tertiary/aromatic N) is 25. The van der Waals surface area contributed by atoms with E-state index in [-0.39, 0.29) is 34.1 Å². The van der Waals surface area contributed by atoms with Gasteiger partial charge in [0.1, 0.15) is 147 Å². The van der Waals surface area contributed by atoms with Gasteiger partial charge in [-0.05, 0) is 207 Å². The van der Waals surface area contributed by atoms with Crippen LogP contribution in [0, 0.1) is 6.92 Å². The molecular weight excluding hydrogens is 1820 g/mol. The summed E-state index contributed by atoms with van der Waals surface area (Å²) in [6.45, 7) is 29.6. The summed E-state index contributed by atoms with van der Waals surface area (Å²) in [6.07, 6.45) is 25.0. The van der Waals surface area contributed by atoms with Gasteiger partial charge >= 0.3 is 0 Å². The molecule has 5 saturated heterocycles. The molecule has 7 aromatic heterocycles. The lowest BCUT2D eigenvalue weighted by Gasteiger charge is -2.35. The Morgan fingerprint density at radius 3 is 1.15 bits per heavy atom. The summed E-state index contributed by atoms with van der Waals surface area (Å²) in [5.74, 6) is 11.7. The van der Waals surface area contributed by atoms with Crippen LogP contribution in [0.25, 0.3) is 0 Å². The number of morpholine rings is 1. The molecule has 2 bridgehead atoms. The number of oxazole rings is 1. The Labute approximate surface area is 836 Å². The van der Waals surface area contributed by atoms with Crippen molar-refractivity contribution in [3.63, 3.8) is 0 Å². The van der Waals surface area contributed by atoms with Crippen LogP contribution in [0.1, 0.15) is 239 Å². The number of hydrogen-bond donors (Lipinski definition) is 1. The molecule has 5 aromatic carbocycles. The normalized spacial score (nSPS) is 21.7. The molecule has 17 aliphatic rings. The number of anilines is 5. The van der Waals surface area contributed by atoms with E-state index in [9.17, 15) is 9.50 Å². The number of aromatic nitrogens is 14. The largest absolute Gasteiger partial charge is 0.488 e. The highest BCUT2D eigenvalue weighted by molar-refractivity contribution is 6.17. The minimum atomic E-state index is -1.48. The molecule has 740 valence electrons. The van der Waals surface area contributed by atoms with Gasteiger partial charge in [0.05, 0.1) is 129 Å². The Morgan fingerprint density at radius 1 is 0.382 bits per heavy atom. The third-order valence-electron chi connectivity index (χ3n) is 30.7. The molecule has 0 radical (unpaired) electrons. The van der Waals surface area contributed by atoms with Gasteiger partial charge in [0.25, 0.3) is 0 Å². The first-order valence-corrected chi connectivity index (χ1v) is 51.1. The zero-order valence-electron chi connectivity index (χ0n) is 82.8. The summed E-state index contributed by atoms with van der Waals surface area (Å²) in [4.78, 5) is 91.6. The Morgan fingerprint density at radius 2 is 0.757 bits per heavy atom. The van der Waals surface area contributed by atoms with Gasteiger partial charge in [-0.3, -0.25) is 25.0 Å². The van der Waals surface area contributed by atoms with E-state index in [1.165, 1.54) is 48.2 Å². The minimum absolute atomic E-state index is 0.00104. The van der Waals surface area contributed by atoms with Crippen molar-refractivity contribution in [2.45, 2.75) is 243 Å². The van der Waals surface area contributed by atoms with Gasteiger partial charge < -0.3 is 67.3 Å². The molecule has 10 fully saturated rings. The number of aryl methyl sites for hydroxylation is 1. The zero-order valence-corrected chi connectivity index (χ0v) is 82.8. The van der Waals surface area contributed by atoms with E-state index in [0.29, 0.717) is 77.8 Å². The minimum Gasteiger partial charge on any atom is -0.488 e. The first kappa shape index (κ1) is 92.4. The van der Waals surface area contributed by atoms with E-state index >= 15 is 0 Å². The number of halogens is 1. The van der Waals surface area contributed by atoms with Crippen molar-refractivity contribution in [2.24, 2.45) is 25.0 Å². The second kappa shape index (κ2) is 37.6. The number of aliphatic hydroxyl groups is 1. The number of alkyl halides is 1. The maximum Gasteiger partial charge on any atom is 0.191 e. The van der Waals surface area contributed by atoms with Crippen LogP contribution in [0.15, 0.2) is 189 Å². The van der Waals surface area contributed by atoms with E-state index in [1.807, 2.05) is 46.8 Å². The molecule has 12 aromatic rings. The molecule has 33 nitrogen and oxygen atoms in total. The number of rotatable bonds is 21. The summed E-state index contributed by atoms with van der Waals surface area (Å²) >= 11 is 0. The van der Waals surface area contributed by atoms with Crippen molar-refractivity contribution in [1.82, 2.24) is 74.5 Å². The zero-order chi connectivity index (χ0) is 97.6. The van der Waals surface area contributed by atoms with Gasteiger partial charge in [-0.15, -0.1) is 0 Å². The monoisotopic (exact) mass is 1940 g/mol. The third-order valence-corrected chi connectivity index (χ3v) is 30.7. The number of ether oxygens (including phenoxy) is 6. The molecule has 19 heterocycles. The summed E-state index contributed by atoms with van der Waals surface area (Å²) < 4.78 is 58.3. The predicted molar refractivity (Wildman–Crippen MR) is 544 cm³/mol. The van der Waals surface area contributed by atoms with Gasteiger partial charge in [-0.2, -0.15) is 5.10 Å². The van der Waals surface area contributed by atoms with Gasteiger partial charge in [0.2, 0.25) is 0 Å². The second-order valence-corrected chi connectivity index (χ2v) is 42.3. The first-order chi connectivity index (χ1) is 70.0. The lowest BCUT2D eigenvalue weighted by Crippen LogP contribution is -2.44. The van der Waals surface area contributed by atoms with Crippen molar-refractivity contribution >= 4 is 57.6 Å². The van der Waals surface area contributed by atoms with Crippen molar-refractivity contribution in [3.05, 3.63) is 267 Å².